The molecular formula is C18H26N6O3. The Morgan fingerprint density at radius 1 is 1.33 bits per heavy atom. The molecular weight excluding hydrogens is 348 g/mol. The number of H-pyrrole nitrogens is 1. The second-order valence-electron chi connectivity index (χ2n) is 6.92. The molecule has 2 aromatic rings. The molecule has 0 aromatic carbocycles. The van der Waals surface area contributed by atoms with Gasteiger partial charge in [0.2, 0.25) is 5.91 Å². The van der Waals surface area contributed by atoms with Crippen LogP contribution in [0.1, 0.15) is 36.7 Å². The van der Waals surface area contributed by atoms with Crippen LogP contribution in [-0.4, -0.2) is 43.2 Å². The summed E-state index contributed by atoms with van der Waals surface area (Å²) in [5.41, 5.74) is 1.27. The quantitative estimate of drug-likeness (QED) is 0.725. The van der Waals surface area contributed by atoms with Crippen LogP contribution in [0.3, 0.4) is 0 Å². The molecule has 27 heavy (non-hydrogen) atoms. The van der Waals surface area contributed by atoms with Crippen LogP contribution in [0.15, 0.2) is 21.9 Å². The number of hydrogen-bond acceptors (Lipinski definition) is 5. The lowest BCUT2D eigenvalue weighted by Crippen LogP contribution is -2.36. The van der Waals surface area contributed by atoms with Crippen molar-refractivity contribution in [3.8, 4) is 0 Å². The van der Waals surface area contributed by atoms with Crippen molar-refractivity contribution in [2.45, 2.75) is 45.8 Å². The standard InChI is InChI=1S/C18H26N6O3/c1-3-5-23-6-4-7-24-15(12-23)9-14(21-24)11-19-16(25)8-13-10-20-18(27)22(2)17(13)26/h9-10H,3-8,11-12H2,1-2H3,(H,19,25)(H,20,27). The fourth-order valence-electron chi connectivity index (χ4n) is 3.35. The van der Waals surface area contributed by atoms with Gasteiger partial charge in [0.1, 0.15) is 0 Å². The summed E-state index contributed by atoms with van der Waals surface area (Å²) in [6, 6.07) is 2.04. The Bertz CT molecular complexity index is 926. The molecule has 2 aromatic heterocycles. The Hall–Kier alpha value is -2.68. The first-order valence-corrected chi connectivity index (χ1v) is 9.30. The van der Waals surface area contributed by atoms with E-state index in [1.807, 2.05) is 10.7 Å². The van der Waals surface area contributed by atoms with Gasteiger partial charge in [-0.15, -0.1) is 0 Å². The van der Waals surface area contributed by atoms with Crippen LogP contribution in [0.4, 0.5) is 0 Å². The summed E-state index contributed by atoms with van der Waals surface area (Å²) in [7, 11) is 1.38. The number of aromatic nitrogens is 4. The lowest BCUT2D eigenvalue weighted by atomic mass is 10.2. The van der Waals surface area contributed by atoms with E-state index >= 15 is 0 Å². The Balaban J connectivity index is 1.60. The molecule has 146 valence electrons. The molecule has 9 nitrogen and oxygen atoms in total. The third-order valence-corrected chi connectivity index (χ3v) is 4.76. The highest BCUT2D eigenvalue weighted by atomic mass is 16.2. The van der Waals surface area contributed by atoms with Gasteiger partial charge in [-0.05, 0) is 25.5 Å². The number of carbonyl (C=O) groups excluding carboxylic acids is 1. The zero-order valence-electron chi connectivity index (χ0n) is 15.8. The molecule has 0 radical (unpaired) electrons. The van der Waals surface area contributed by atoms with Crippen LogP contribution in [0.2, 0.25) is 0 Å². The minimum atomic E-state index is -0.499. The van der Waals surface area contributed by atoms with Crippen molar-refractivity contribution >= 4 is 5.91 Å². The predicted octanol–water partition coefficient (Wildman–Crippen LogP) is -0.255. The fraction of sp³-hybridized carbons (Fsp3) is 0.556. The third kappa shape index (κ3) is 4.54. The zero-order valence-corrected chi connectivity index (χ0v) is 15.8. The van der Waals surface area contributed by atoms with Gasteiger partial charge in [-0.3, -0.25) is 23.7 Å². The van der Waals surface area contributed by atoms with Gasteiger partial charge in [0.15, 0.2) is 0 Å². The van der Waals surface area contributed by atoms with E-state index in [2.05, 4.69) is 27.2 Å². The minimum Gasteiger partial charge on any atom is -0.350 e. The van der Waals surface area contributed by atoms with E-state index in [-0.39, 0.29) is 17.9 Å². The summed E-state index contributed by atoms with van der Waals surface area (Å²) in [4.78, 5) is 40.4. The summed E-state index contributed by atoms with van der Waals surface area (Å²) in [6.07, 6.45) is 3.41. The van der Waals surface area contributed by atoms with E-state index < -0.39 is 11.2 Å². The smallest absolute Gasteiger partial charge is 0.328 e. The molecule has 3 rings (SSSR count). The summed E-state index contributed by atoms with van der Waals surface area (Å²) in [5, 5.41) is 7.39. The summed E-state index contributed by atoms with van der Waals surface area (Å²) >= 11 is 0. The van der Waals surface area contributed by atoms with Crippen molar-refractivity contribution in [1.29, 1.82) is 0 Å². The highest BCUT2D eigenvalue weighted by Gasteiger charge is 2.16. The van der Waals surface area contributed by atoms with Gasteiger partial charge < -0.3 is 10.3 Å². The Morgan fingerprint density at radius 2 is 2.15 bits per heavy atom. The average molecular weight is 374 g/mol. The molecule has 3 heterocycles. The maximum atomic E-state index is 12.2. The molecule has 2 N–H and O–H groups in total. The van der Waals surface area contributed by atoms with E-state index in [9.17, 15) is 14.4 Å². The highest BCUT2D eigenvalue weighted by Crippen LogP contribution is 2.14. The van der Waals surface area contributed by atoms with E-state index in [0.717, 1.165) is 49.3 Å². The van der Waals surface area contributed by atoms with Gasteiger partial charge in [0, 0.05) is 38.4 Å². The monoisotopic (exact) mass is 374 g/mol. The van der Waals surface area contributed by atoms with E-state index in [1.165, 1.54) is 18.9 Å². The van der Waals surface area contributed by atoms with Crippen LogP contribution in [-0.2, 0) is 37.9 Å². The number of carbonyl (C=O) groups is 1. The number of rotatable bonds is 6. The molecule has 0 unspecified atom stereocenters. The summed E-state index contributed by atoms with van der Waals surface area (Å²) < 4.78 is 2.98. The number of nitrogens with one attached hydrogen (secondary N) is 2. The van der Waals surface area contributed by atoms with E-state index in [1.54, 1.807) is 0 Å². The van der Waals surface area contributed by atoms with Crippen LogP contribution in [0.5, 0.6) is 0 Å². The largest absolute Gasteiger partial charge is 0.350 e. The number of aryl methyl sites for hydroxylation is 1. The molecule has 1 aliphatic rings. The van der Waals surface area contributed by atoms with Crippen molar-refractivity contribution in [2.75, 3.05) is 13.1 Å². The minimum absolute atomic E-state index is 0.0820. The van der Waals surface area contributed by atoms with Crippen LogP contribution in [0, 0.1) is 0 Å². The normalized spacial score (nSPS) is 14.6. The highest BCUT2D eigenvalue weighted by molar-refractivity contribution is 5.78. The van der Waals surface area contributed by atoms with Crippen molar-refractivity contribution in [2.24, 2.45) is 7.05 Å². The predicted molar refractivity (Wildman–Crippen MR) is 100 cm³/mol. The first kappa shape index (κ1) is 19.1. The third-order valence-electron chi connectivity index (χ3n) is 4.76. The Kier molecular flexibility index (Phi) is 5.90. The molecule has 1 amide bonds. The van der Waals surface area contributed by atoms with Crippen LogP contribution < -0.4 is 16.6 Å². The topological polar surface area (TPSA) is 105 Å². The van der Waals surface area contributed by atoms with Gasteiger partial charge in [-0.25, -0.2) is 4.79 Å². The van der Waals surface area contributed by atoms with Crippen molar-refractivity contribution in [1.82, 2.24) is 29.5 Å². The molecule has 0 fully saturated rings. The molecule has 0 aliphatic carbocycles. The number of fused-ring (bicyclic) bond motifs is 1. The van der Waals surface area contributed by atoms with E-state index in [4.69, 9.17) is 0 Å². The Morgan fingerprint density at radius 3 is 2.93 bits per heavy atom. The number of amides is 1. The second-order valence-corrected chi connectivity index (χ2v) is 6.92. The molecule has 0 saturated heterocycles. The van der Waals surface area contributed by atoms with Crippen molar-refractivity contribution in [3.05, 3.63) is 50.1 Å². The Labute approximate surface area is 157 Å². The first-order valence-electron chi connectivity index (χ1n) is 9.30. The number of nitrogens with zero attached hydrogens (tertiary/aromatic N) is 4. The lowest BCUT2D eigenvalue weighted by Gasteiger charge is -2.17. The SMILES string of the molecule is CCCN1CCCn2nc(CNC(=O)Cc3c[nH]c(=O)n(C)c3=O)cc2C1. The van der Waals surface area contributed by atoms with Gasteiger partial charge in [-0.1, -0.05) is 6.92 Å². The second kappa shape index (κ2) is 8.34. The molecule has 9 heteroatoms. The summed E-state index contributed by atoms with van der Waals surface area (Å²) in [5.74, 6) is -0.282. The van der Waals surface area contributed by atoms with Crippen LogP contribution >= 0.6 is 0 Å². The van der Waals surface area contributed by atoms with Gasteiger partial charge in [-0.2, -0.15) is 5.10 Å². The molecule has 0 bridgehead atoms. The summed E-state index contributed by atoms with van der Waals surface area (Å²) in [6.45, 7) is 6.41. The first-order chi connectivity index (χ1) is 13.0. The molecule has 1 aliphatic heterocycles. The molecule has 0 saturated carbocycles. The van der Waals surface area contributed by atoms with E-state index in [0.29, 0.717) is 6.54 Å². The van der Waals surface area contributed by atoms with Crippen molar-refractivity contribution in [3.63, 3.8) is 0 Å². The maximum absolute atomic E-state index is 12.2. The van der Waals surface area contributed by atoms with Gasteiger partial charge in [0.25, 0.3) is 5.56 Å². The fourth-order valence-corrected chi connectivity index (χ4v) is 3.35. The average Bonchev–Trinajstić information content (AvgIpc) is 2.92. The maximum Gasteiger partial charge on any atom is 0.328 e. The van der Waals surface area contributed by atoms with Gasteiger partial charge >= 0.3 is 5.69 Å². The van der Waals surface area contributed by atoms with Crippen LogP contribution in [0.25, 0.3) is 0 Å². The lowest BCUT2D eigenvalue weighted by molar-refractivity contribution is -0.120. The molecule has 0 atom stereocenters. The zero-order chi connectivity index (χ0) is 19.4. The number of hydrogen-bond donors (Lipinski definition) is 2. The number of aromatic amines is 1. The van der Waals surface area contributed by atoms with Crippen molar-refractivity contribution < 1.29 is 4.79 Å². The van der Waals surface area contributed by atoms with Gasteiger partial charge in [0.05, 0.1) is 24.4 Å². The molecule has 0 spiro atoms.